The van der Waals surface area contributed by atoms with Gasteiger partial charge in [0.1, 0.15) is 17.5 Å². The van der Waals surface area contributed by atoms with Crippen molar-refractivity contribution in [3.8, 4) is 0 Å². The zero-order valence-electron chi connectivity index (χ0n) is 17.8. The van der Waals surface area contributed by atoms with Crippen LogP contribution in [0.3, 0.4) is 0 Å². The zero-order valence-corrected chi connectivity index (χ0v) is 18.6. The highest BCUT2D eigenvalue weighted by Crippen LogP contribution is 2.21. The second-order valence-electron chi connectivity index (χ2n) is 7.29. The lowest BCUT2D eigenvalue weighted by Gasteiger charge is -2.17. The number of hydrogen-bond donors (Lipinski definition) is 1. The van der Waals surface area contributed by atoms with Gasteiger partial charge in [-0.3, -0.25) is 9.79 Å². The first-order chi connectivity index (χ1) is 15.2. The van der Waals surface area contributed by atoms with Gasteiger partial charge in [0.25, 0.3) is 0 Å². The Morgan fingerprint density at radius 1 is 1.12 bits per heavy atom. The van der Waals surface area contributed by atoms with Gasteiger partial charge in [-0.25, -0.2) is 17.2 Å². The second kappa shape index (κ2) is 10.0. The summed E-state index contributed by atoms with van der Waals surface area (Å²) in [5, 5.41) is 3.20. The average molecular weight is 463 g/mol. The minimum absolute atomic E-state index is 0.223. The molecule has 0 unspecified atom stereocenters. The number of sulfonamides is 1. The molecule has 10 heteroatoms. The summed E-state index contributed by atoms with van der Waals surface area (Å²) in [6, 6.07) is 10.5. The first kappa shape index (κ1) is 23.6. The van der Waals surface area contributed by atoms with E-state index in [1.807, 2.05) is 24.3 Å². The summed E-state index contributed by atoms with van der Waals surface area (Å²) in [6.07, 6.45) is 2.57. The molecule has 0 fully saturated rings. The van der Waals surface area contributed by atoms with Gasteiger partial charge in [0.05, 0.1) is 6.54 Å². The first-order valence-corrected chi connectivity index (χ1v) is 11.3. The predicted octanol–water partition coefficient (Wildman–Crippen LogP) is 2.15. The Morgan fingerprint density at radius 2 is 1.78 bits per heavy atom. The third-order valence-electron chi connectivity index (χ3n) is 4.91. The number of halogens is 2. The van der Waals surface area contributed by atoms with E-state index >= 15 is 0 Å². The quantitative estimate of drug-likeness (QED) is 0.610. The van der Waals surface area contributed by atoms with Crippen LogP contribution in [0.4, 0.5) is 8.78 Å². The van der Waals surface area contributed by atoms with E-state index in [4.69, 9.17) is 0 Å². The molecule has 0 saturated carbocycles. The Kier molecular flexibility index (Phi) is 7.37. The smallest absolute Gasteiger partial charge is 0.248 e. The normalized spacial score (nSPS) is 14.0. The Bertz CT molecular complexity index is 1130. The maximum absolute atomic E-state index is 13.8. The van der Waals surface area contributed by atoms with Gasteiger partial charge in [0.15, 0.2) is 4.90 Å². The number of benzene rings is 2. The van der Waals surface area contributed by atoms with Crippen LogP contribution in [0.25, 0.3) is 0 Å². The third-order valence-corrected chi connectivity index (χ3v) is 6.78. The number of rotatable bonds is 8. The van der Waals surface area contributed by atoms with Gasteiger partial charge in [0, 0.05) is 45.4 Å². The number of aliphatic imine (C=N–C) groups is 1. The lowest BCUT2D eigenvalue weighted by Crippen LogP contribution is -2.29. The van der Waals surface area contributed by atoms with Crippen molar-refractivity contribution in [3.63, 3.8) is 0 Å². The lowest BCUT2D eigenvalue weighted by atomic mass is 10.1. The van der Waals surface area contributed by atoms with Crippen molar-refractivity contribution in [2.24, 2.45) is 4.99 Å². The molecule has 2 aromatic carbocycles. The maximum atomic E-state index is 13.8. The van der Waals surface area contributed by atoms with Crippen LogP contribution < -0.4 is 5.32 Å². The second-order valence-corrected chi connectivity index (χ2v) is 9.27. The van der Waals surface area contributed by atoms with E-state index in [2.05, 4.69) is 10.3 Å². The summed E-state index contributed by atoms with van der Waals surface area (Å²) in [7, 11) is -1.58. The molecule has 32 heavy (non-hydrogen) atoms. The molecule has 1 aliphatic heterocycles. The van der Waals surface area contributed by atoms with Gasteiger partial charge in [-0.2, -0.15) is 4.31 Å². The van der Waals surface area contributed by atoms with E-state index in [0.29, 0.717) is 6.54 Å². The Morgan fingerprint density at radius 3 is 2.38 bits per heavy atom. The zero-order chi connectivity index (χ0) is 23.3. The third kappa shape index (κ3) is 5.38. The molecule has 170 valence electrons. The van der Waals surface area contributed by atoms with Crippen molar-refractivity contribution in [3.05, 3.63) is 77.4 Å². The van der Waals surface area contributed by atoms with Crippen LogP contribution in [-0.2, 0) is 21.4 Å². The van der Waals surface area contributed by atoms with E-state index in [1.54, 1.807) is 7.05 Å². The molecule has 0 bridgehead atoms. The minimum Gasteiger partial charge on any atom is -0.368 e. The Hall–Kier alpha value is -3.11. The van der Waals surface area contributed by atoms with Gasteiger partial charge < -0.3 is 10.2 Å². The fourth-order valence-corrected chi connectivity index (χ4v) is 4.35. The van der Waals surface area contributed by atoms with E-state index in [9.17, 15) is 22.0 Å². The number of nitrogens with zero attached hydrogens (tertiary/aromatic N) is 3. The summed E-state index contributed by atoms with van der Waals surface area (Å²) < 4.78 is 53.4. The van der Waals surface area contributed by atoms with Gasteiger partial charge >= 0.3 is 0 Å². The summed E-state index contributed by atoms with van der Waals surface area (Å²) in [4.78, 5) is 17.2. The molecule has 0 aromatic heterocycles. The monoisotopic (exact) mass is 462 g/mol. The van der Waals surface area contributed by atoms with Gasteiger partial charge in [-0.1, -0.05) is 36.4 Å². The predicted molar refractivity (Wildman–Crippen MR) is 118 cm³/mol. The van der Waals surface area contributed by atoms with Crippen LogP contribution in [0, 0.1) is 11.6 Å². The maximum Gasteiger partial charge on any atom is 0.248 e. The number of hydrogen-bond acceptors (Lipinski definition) is 5. The summed E-state index contributed by atoms with van der Waals surface area (Å²) in [5.74, 6) is -1.81. The van der Waals surface area contributed by atoms with Crippen molar-refractivity contribution < 1.29 is 22.0 Å². The van der Waals surface area contributed by atoms with Crippen molar-refractivity contribution in [1.82, 2.24) is 14.5 Å². The van der Waals surface area contributed by atoms with Crippen molar-refractivity contribution in [2.45, 2.75) is 11.4 Å². The number of carbonyl (C=O) groups excluding carboxylic acids is 1. The van der Waals surface area contributed by atoms with Crippen molar-refractivity contribution in [2.75, 3.05) is 33.7 Å². The van der Waals surface area contributed by atoms with Gasteiger partial charge in [0.2, 0.25) is 15.9 Å². The molecule has 1 aliphatic rings. The number of carbonyl (C=O) groups is 1. The highest BCUT2D eigenvalue weighted by Gasteiger charge is 2.27. The fourth-order valence-electron chi connectivity index (χ4n) is 3.12. The number of likely N-dealkylation sites (N-methyl/N-ethyl adjacent to an activating group) is 2. The van der Waals surface area contributed by atoms with E-state index < -0.39 is 26.6 Å². The van der Waals surface area contributed by atoms with Crippen LogP contribution in [0.15, 0.2) is 64.5 Å². The van der Waals surface area contributed by atoms with E-state index in [-0.39, 0.29) is 12.5 Å². The van der Waals surface area contributed by atoms with E-state index in [0.717, 1.165) is 52.6 Å². The molecule has 2 aromatic rings. The molecule has 0 atom stereocenters. The van der Waals surface area contributed by atoms with Gasteiger partial charge in [-0.05, 0) is 17.7 Å². The summed E-state index contributed by atoms with van der Waals surface area (Å²) in [6.45, 7) is 1.72. The molecule has 1 amide bonds. The number of nitrogens with one attached hydrogen (secondary N) is 1. The lowest BCUT2D eigenvalue weighted by molar-refractivity contribution is -0.125. The molecule has 0 saturated heterocycles. The molecule has 1 N–H and O–H groups in total. The molecular weight excluding hydrogens is 438 g/mol. The highest BCUT2D eigenvalue weighted by molar-refractivity contribution is 7.89. The van der Waals surface area contributed by atoms with Crippen molar-refractivity contribution in [1.29, 1.82) is 0 Å². The molecule has 7 nitrogen and oxygen atoms in total. The fraction of sp³-hybridized carbons (Fsp3) is 0.273. The topological polar surface area (TPSA) is 82.1 Å². The van der Waals surface area contributed by atoms with Crippen LogP contribution in [0.5, 0.6) is 0 Å². The largest absolute Gasteiger partial charge is 0.368 e. The summed E-state index contributed by atoms with van der Waals surface area (Å²) in [5.41, 5.74) is 1.90. The summed E-state index contributed by atoms with van der Waals surface area (Å²) >= 11 is 0. The standard InChI is InChI=1S/C22H24F2N4O3S/c1-27(15-16-8-10-17(11-9-16)22-25-12-13-26-22)20(29)7-4-14-28(2)32(30,31)21-18(23)5-3-6-19(21)24/h3-11H,12-15H2,1-2H3,(H,25,26)/b7-4+. The SMILES string of the molecule is CN(Cc1ccc(C2=NCCN2)cc1)C(=O)/C=C/CN(C)S(=O)(=O)c1c(F)cccc1F. The average Bonchev–Trinajstić information content (AvgIpc) is 3.28. The van der Waals surface area contributed by atoms with Crippen LogP contribution in [-0.4, -0.2) is 63.1 Å². The molecule has 1 heterocycles. The molecule has 0 radical (unpaired) electrons. The van der Waals surface area contributed by atoms with Crippen molar-refractivity contribution >= 4 is 21.8 Å². The minimum atomic E-state index is -4.39. The van der Waals surface area contributed by atoms with Crippen LogP contribution in [0.1, 0.15) is 11.1 Å². The number of amidine groups is 1. The van der Waals surface area contributed by atoms with E-state index in [1.165, 1.54) is 24.1 Å². The highest BCUT2D eigenvalue weighted by atomic mass is 32.2. The first-order valence-electron chi connectivity index (χ1n) is 9.90. The molecule has 0 aliphatic carbocycles. The Labute approximate surface area is 186 Å². The molecular formula is C22H24F2N4O3S. The molecule has 3 rings (SSSR count). The number of amides is 1. The Balaban J connectivity index is 1.57. The van der Waals surface area contributed by atoms with Crippen LogP contribution >= 0.6 is 0 Å². The van der Waals surface area contributed by atoms with Gasteiger partial charge in [-0.15, -0.1) is 0 Å². The molecule has 0 spiro atoms. The van der Waals surface area contributed by atoms with Crippen LogP contribution in [0.2, 0.25) is 0 Å².